The first-order valence-corrected chi connectivity index (χ1v) is 9.21. The average Bonchev–Trinajstić information content (AvgIpc) is 3.16. The van der Waals surface area contributed by atoms with Gasteiger partial charge < -0.3 is 23.7 Å². The van der Waals surface area contributed by atoms with Gasteiger partial charge in [-0.2, -0.15) is 14.9 Å². The second-order valence-corrected chi connectivity index (χ2v) is 6.32. The van der Waals surface area contributed by atoms with Crippen LogP contribution in [0.5, 0.6) is 28.7 Å². The third kappa shape index (κ3) is 4.08. The topological polar surface area (TPSA) is 92.1 Å². The number of hydrogen-bond donors (Lipinski definition) is 1. The highest BCUT2D eigenvalue weighted by Gasteiger charge is 2.17. The van der Waals surface area contributed by atoms with Crippen molar-refractivity contribution >= 4 is 18.4 Å². The fraction of sp³-hybridized carbons (Fsp3) is 0.250. The number of rotatable bonds is 8. The molecule has 1 N–H and O–H groups in total. The molecular formula is C20H22N4O5S. The summed E-state index contributed by atoms with van der Waals surface area (Å²) in [6.07, 6.45) is 1.62. The molecule has 2 aromatic carbocycles. The Kier molecular flexibility index (Phi) is 6.58. The summed E-state index contributed by atoms with van der Waals surface area (Å²) in [5.74, 6) is 3.25. The van der Waals surface area contributed by atoms with Gasteiger partial charge in [-0.1, -0.05) is 0 Å². The monoisotopic (exact) mass is 430 g/mol. The van der Waals surface area contributed by atoms with Crippen LogP contribution in [-0.4, -0.2) is 56.6 Å². The van der Waals surface area contributed by atoms with Crippen molar-refractivity contribution in [1.82, 2.24) is 14.9 Å². The van der Waals surface area contributed by atoms with Gasteiger partial charge in [0.25, 0.3) is 0 Å². The van der Waals surface area contributed by atoms with Crippen LogP contribution in [0.2, 0.25) is 0 Å². The van der Waals surface area contributed by atoms with Crippen LogP contribution in [0.15, 0.2) is 35.4 Å². The van der Waals surface area contributed by atoms with E-state index in [1.54, 1.807) is 66.0 Å². The number of ether oxygens (including phenoxy) is 5. The van der Waals surface area contributed by atoms with Gasteiger partial charge in [0.1, 0.15) is 11.5 Å². The zero-order valence-corrected chi connectivity index (χ0v) is 18.1. The van der Waals surface area contributed by atoms with E-state index in [9.17, 15) is 0 Å². The lowest BCUT2D eigenvalue weighted by Crippen LogP contribution is -1.99. The van der Waals surface area contributed by atoms with Gasteiger partial charge in [-0.15, -0.1) is 0 Å². The summed E-state index contributed by atoms with van der Waals surface area (Å²) in [6.45, 7) is 0. The summed E-state index contributed by atoms with van der Waals surface area (Å²) < 4.78 is 28.7. The minimum absolute atomic E-state index is 0.317. The molecule has 0 amide bonds. The number of nitrogens with zero attached hydrogens (tertiary/aromatic N) is 3. The molecule has 0 unspecified atom stereocenters. The van der Waals surface area contributed by atoms with E-state index >= 15 is 0 Å². The van der Waals surface area contributed by atoms with Crippen LogP contribution in [0.25, 0.3) is 11.4 Å². The first kappa shape index (κ1) is 21.2. The van der Waals surface area contributed by atoms with Crippen LogP contribution in [0, 0.1) is 4.77 Å². The molecule has 1 heterocycles. The van der Waals surface area contributed by atoms with Gasteiger partial charge in [0, 0.05) is 11.1 Å². The molecule has 0 aliphatic carbocycles. The van der Waals surface area contributed by atoms with Crippen LogP contribution in [0.3, 0.4) is 0 Å². The standard InChI is InChI=1S/C20H22N4O5S/c1-25-14-6-7-15(26-2)13(8-14)11-21-24-19(22-23-20(24)30)12-9-16(27-3)18(29-5)17(10-12)28-4/h6-11H,1-5H3,(H,23,30). The molecule has 0 bridgehead atoms. The zero-order chi connectivity index (χ0) is 21.7. The van der Waals surface area contributed by atoms with Crippen LogP contribution < -0.4 is 23.7 Å². The number of aromatic nitrogens is 3. The summed E-state index contributed by atoms with van der Waals surface area (Å²) in [7, 11) is 7.82. The SMILES string of the molecule is COc1ccc(OC)c(C=Nn2c(-c3cc(OC)c(OC)c(OC)c3)n[nH]c2=S)c1. The Morgan fingerprint density at radius 1 is 0.900 bits per heavy atom. The molecule has 9 nitrogen and oxygen atoms in total. The lowest BCUT2D eigenvalue weighted by molar-refractivity contribution is 0.324. The maximum atomic E-state index is 5.43. The third-order valence-corrected chi connectivity index (χ3v) is 4.59. The highest BCUT2D eigenvalue weighted by Crippen LogP contribution is 2.40. The van der Waals surface area contributed by atoms with E-state index in [-0.39, 0.29) is 0 Å². The van der Waals surface area contributed by atoms with E-state index in [4.69, 9.17) is 35.9 Å². The number of methoxy groups -OCH3 is 5. The molecule has 0 aliphatic heterocycles. The van der Waals surface area contributed by atoms with Gasteiger partial charge in [-0.3, -0.25) is 0 Å². The molecule has 3 rings (SSSR count). The maximum Gasteiger partial charge on any atom is 0.216 e. The third-order valence-electron chi connectivity index (χ3n) is 4.32. The van der Waals surface area contributed by atoms with Crippen molar-refractivity contribution in [2.24, 2.45) is 5.10 Å². The Hall–Kier alpha value is -3.53. The van der Waals surface area contributed by atoms with Gasteiger partial charge in [-0.25, -0.2) is 5.10 Å². The van der Waals surface area contributed by atoms with Crippen LogP contribution >= 0.6 is 12.2 Å². The summed E-state index contributed by atoms with van der Waals surface area (Å²) in [4.78, 5) is 0. The molecule has 0 spiro atoms. The Labute approximate surface area is 178 Å². The van der Waals surface area contributed by atoms with Crippen molar-refractivity contribution in [3.8, 4) is 40.1 Å². The van der Waals surface area contributed by atoms with Crippen LogP contribution in [-0.2, 0) is 0 Å². The minimum atomic E-state index is 0.317. The minimum Gasteiger partial charge on any atom is -0.497 e. The first-order valence-electron chi connectivity index (χ1n) is 8.80. The molecule has 10 heteroatoms. The van der Waals surface area contributed by atoms with E-state index in [2.05, 4.69) is 15.3 Å². The Bertz CT molecular complexity index is 1100. The molecule has 0 radical (unpaired) electrons. The second kappa shape index (κ2) is 9.31. The molecule has 3 aromatic rings. The number of H-pyrrole nitrogens is 1. The second-order valence-electron chi connectivity index (χ2n) is 5.93. The molecule has 158 valence electrons. The molecule has 0 fully saturated rings. The van der Waals surface area contributed by atoms with E-state index in [0.717, 1.165) is 5.56 Å². The van der Waals surface area contributed by atoms with E-state index in [1.807, 2.05) is 6.07 Å². The van der Waals surface area contributed by atoms with Crippen LogP contribution in [0.4, 0.5) is 0 Å². The molecule has 0 atom stereocenters. The van der Waals surface area contributed by atoms with Gasteiger partial charge in [0.05, 0.1) is 41.8 Å². The average molecular weight is 430 g/mol. The van der Waals surface area contributed by atoms with Crippen molar-refractivity contribution in [3.63, 3.8) is 0 Å². The summed E-state index contributed by atoms with van der Waals surface area (Å²) in [5.41, 5.74) is 1.39. The largest absolute Gasteiger partial charge is 0.497 e. The predicted molar refractivity (Wildman–Crippen MR) is 115 cm³/mol. The fourth-order valence-electron chi connectivity index (χ4n) is 2.86. The summed E-state index contributed by atoms with van der Waals surface area (Å²) in [5, 5.41) is 11.6. The highest BCUT2D eigenvalue weighted by molar-refractivity contribution is 7.71. The van der Waals surface area contributed by atoms with Crippen molar-refractivity contribution in [2.45, 2.75) is 0 Å². The Morgan fingerprint density at radius 2 is 1.57 bits per heavy atom. The number of benzene rings is 2. The number of hydrogen-bond acceptors (Lipinski definition) is 8. The Morgan fingerprint density at radius 3 is 2.13 bits per heavy atom. The van der Waals surface area contributed by atoms with E-state index in [1.165, 1.54) is 4.68 Å². The van der Waals surface area contributed by atoms with Crippen molar-refractivity contribution in [2.75, 3.05) is 35.5 Å². The number of nitrogens with one attached hydrogen (secondary N) is 1. The molecule has 0 aliphatic rings. The first-order chi connectivity index (χ1) is 14.6. The fourth-order valence-corrected chi connectivity index (χ4v) is 3.04. The van der Waals surface area contributed by atoms with E-state index in [0.29, 0.717) is 44.9 Å². The quantitative estimate of drug-likeness (QED) is 0.432. The highest BCUT2D eigenvalue weighted by atomic mass is 32.1. The van der Waals surface area contributed by atoms with E-state index < -0.39 is 0 Å². The molecule has 1 aromatic heterocycles. The zero-order valence-electron chi connectivity index (χ0n) is 17.3. The summed E-state index contributed by atoms with van der Waals surface area (Å²) >= 11 is 5.36. The maximum absolute atomic E-state index is 5.43. The predicted octanol–water partition coefficient (Wildman–Crippen LogP) is 3.53. The smallest absolute Gasteiger partial charge is 0.216 e. The lowest BCUT2D eigenvalue weighted by Gasteiger charge is -2.13. The van der Waals surface area contributed by atoms with Gasteiger partial charge >= 0.3 is 0 Å². The molecule has 30 heavy (non-hydrogen) atoms. The Balaban J connectivity index is 2.09. The van der Waals surface area contributed by atoms with Crippen molar-refractivity contribution < 1.29 is 23.7 Å². The normalized spacial score (nSPS) is 10.8. The molecule has 0 saturated carbocycles. The number of aromatic amines is 1. The lowest BCUT2D eigenvalue weighted by atomic mass is 10.1. The van der Waals surface area contributed by atoms with Crippen molar-refractivity contribution in [1.29, 1.82) is 0 Å². The van der Waals surface area contributed by atoms with Crippen molar-refractivity contribution in [3.05, 3.63) is 40.7 Å². The molecular weight excluding hydrogens is 408 g/mol. The van der Waals surface area contributed by atoms with Crippen LogP contribution in [0.1, 0.15) is 5.56 Å². The van der Waals surface area contributed by atoms with Gasteiger partial charge in [0.2, 0.25) is 10.5 Å². The van der Waals surface area contributed by atoms with Gasteiger partial charge in [-0.05, 0) is 42.5 Å². The van der Waals surface area contributed by atoms with Gasteiger partial charge in [0.15, 0.2) is 17.3 Å². The molecule has 0 saturated heterocycles. The summed E-state index contributed by atoms with van der Waals surface area (Å²) in [6, 6.07) is 8.95.